The zero-order valence-electron chi connectivity index (χ0n) is 10.5. The quantitative estimate of drug-likeness (QED) is 0.781. The smallest absolute Gasteiger partial charge is 0.403 e. The molecule has 1 aromatic carbocycles. The number of benzene rings is 1. The molecule has 0 fully saturated rings. The molecule has 0 saturated carbocycles. The summed E-state index contributed by atoms with van der Waals surface area (Å²) in [7, 11) is 0. The number of para-hydroxylation sites is 2. The van der Waals surface area contributed by atoms with E-state index in [-0.39, 0.29) is 11.4 Å². The Morgan fingerprint density at radius 3 is 2.19 bits per heavy atom. The summed E-state index contributed by atoms with van der Waals surface area (Å²) < 4.78 is 79.2. The number of hydrogen-bond acceptors (Lipinski definition) is 2. The predicted molar refractivity (Wildman–Crippen MR) is 60.0 cm³/mol. The Labute approximate surface area is 114 Å². The first-order valence-electron chi connectivity index (χ1n) is 5.57. The highest BCUT2D eigenvalue weighted by Gasteiger charge is 2.36. The van der Waals surface area contributed by atoms with E-state index in [0.29, 0.717) is 0 Å². The van der Waals surface area contributed by atoms with Crippen molar-refractivity contribution < 1.29 is 31.1 Å². The number of aryl methyl sites for hydroxylation is 1. The first-order chi connectivity index (χ1) is 9.58. The monoisotopic (exact) mass is 310 g/mol. The first-order valence-corrected chi connectivity index (χ1v) is 5.57. The first kappa shape index (κ1) is 15.2. The number of halogens is 6. The highest BCUT2D eigenvalue weighted by Crippen LogP contribution is 2.32. The lowest BCUT2D eigenvalue weighted by Crippen LogP contribution is -2.18. The fourth-order valence-corrected chi connectivity index (χ4v) is 1.70. The standard InChI is InChI=1S/C12H8F6N2O/c1-7-6-10(11(13,14)15)19-20(7)8-4-2-3-5-9(8)21-12(16,17)18/h2-6H,1H3. The van der Waals surface area contributed by atoms with Crippen LogP contribution in [0.1, 0.15) is 11.4 Å². The van der Waals surface area contributed by atoms with Gasteiger partial charge >= 0.3 is 12.5 Å². The molecule has 2 rings (SSSR count). The van der Waals surface area contributed by atoms with E-state index in [1.54, 1.807) is 0 Å². The van der Waals surface area contributed by atoms with Crippen LogP contribution in [-0.4, -0.2) is 16.1 Å². The summed E-state index contributed by atoms with van der Waals surface area (Å²) in [5.74, 6) is -0.634. The molecule has 0 spiro atoms. The van der Waals surface area contributed by atoms with Gasteiger partial charge in [-0.1, -0.05) is 12.1 Å². The minimum atomic E-state index is -4.95. The Bertz CT molecular complexity index is 644. The van der Waals surface area contributed by atoms with Crippen molar-refractivity contribution in [2.75, 3.05) is 0 Å². The van der Waals surface area contributed by atoms with Gasteiger partial charge in [0.05, 0.1) is 0 Å². The van der Waals surface area contributed by atoms with Crippen molar-refractivity contribution >= 4 is 0 Å². The van der Waals surface area contributed by atoms with Crippen molar-refractivity contribution in [1.29, 1.82) is 0 Å². The summed E-state index contributed by atoms with van der Waals surface area (Å²) >= 11 is 0. The van der Waals surface area contributed by atoms with Gasteiger partial charge in [-0.05, 0) is 25.1 Å². The summed E-state index contributed by atoms with van der Waals surface area (Å²) in [6.07, 6.45) is -9.64. The van der Waals surface area contributed by atoms with Crippen LogP contribution in [0.5, 0.6) is 5.75 Å². The maximum atomic E-state index is 12.6. The van der Waals surface area contributed by atoms with Crippen molar-refractivity contribution in [1.82, 2.24) is 9.78 Å². The molecule has 0 aliphatic carbocycles. The SMILES string of the molecule is Cc1cc(C(F)(F)F)nn1-c1ccccc1OC(F)(F)F. The lowest BCUT2D eigenvalue weighted by atomic mass is 10.3. The maximum Gasteiger partial charge on any atom is 0.573 e. The zero-order chi connectivity index (χ0) is 15.8. The summed E-state index contributed by atoms with van der Waals surface area (Å²) in [5, 5.41) is 3.29. The number of hydrogen-bond donors (Lipinski definition) is 0. The second kappa shape index (κ2) is 4.97. The number of rotatable bonds is 2. The van der Waals surface area contributed by atoms with Crippen LogP contribution in [0.25, 0.3) is 5.69 Å². The van der Waals surface area contributed by atoms with Gasteiger partial charge in [0.2, 0.25) is 0 Å². The summed E-state index contributed by atoms with van der Waals surface area (Å²) in [6.45, 7) is 1.30. The summed E-state index contributed by atoms with van der Waals surface area (Å²) in [6, 6.07) is 5.56. The van der Waals surface area contributed by atoms with Crippen molar-refractivity contribution in [2.24, 2.45) is 0 Å². The van der Waals surface area contributed by atoms with E-state index in [4.69, 9.17) is 0 Å². The van der Waals surface area contributed by atoms with E-state index in [1.165, 1.54) is 25.1 Å². The molecule has 9 heteroatoms. The van der Waals surface area contributed by atoms with Crippen LogP contribution in [0, 0.1) is 6.92 Å². The van der Waals surface area contributed by atoms with Crippen molar-refractivity contribution in [3.63, 3.8) is 0 Å². The van der Waals surface area contributed by atoms with Gasteiger partial charge in [-0.2, -0.15) is 18.3 Å². The van der Waals surface area contributed by atoms with Crippen LogP contribution in [0.3, 0.4) is 0 Å². The highest BCUT2D eigenvalue weighted by atomic mass is 19.4. The predicted octanol–water partition coefficient (Wildman–Crippen LogP) is 4.10. The summed E-state index contributed by atoms with van der Waals surface area (Å²) in [5.41, 5.74) is -1.40. The molecule has 0 N–H and O–H groups in total. The van der Waals surface area contributed by atoms with E-state index in [0.717, 1.165) is 16.8 Å². The van der Waals surface area contributed by atoms with Crippen LogP contribution in [-0.2, 0) is 6.18 Å². The molecule has 2 aromatic rings. The van der Waals surface area contributed by atoms with E-state index in [1.807, 2.05) is 0 Å². The molecule has 0 aliphatic heterocycles. The van der Waals surface area contributed by atoms with Gasteiger partial charge in [0.1, 0.15) is 5.69 Å². The molecule has 0 bridgehead atoms. The zero-order valence-corrected chi connectivity index (χ0v) is 10.5. The fraction of sp³-hybridized carbons (Fsp3) is 0.250. The molecule has 1 aromatic heterocycles. The van der Waals surface area contributed by atoms with Gasteiger partial charge in [0.15, 0.2) is 11.4 Å². The number of ether oxygens (including phenoxy) is 1. The number of aromatic nitrogens is 2. The average molecular weight is 310 g/mol. The molecule has 0 saturated heterocycles. The molecule has 0 aliphatic rings. The normalized spacial score (nSPS) is 12.5. The largest absolute Gasteiger partial charge is 0.573 e. The Hall–Kier alpha value is -2.19. The van der Waals surface area contributed by atoms with E-state index >= 15 is 0 Å². The third-order valence-corrected chi connectivity index (χ3v) is 2.50. The van der Waals surface area contributed by atoms with Crippen LogP contribution in [0.4, 0.5) is 26.3 Å². The molecular formula is C12H8F6N2O. The maximum absolute atomic E-state index is 12.6. The molecule has 0 unspecified atom stereocenters. The molecule has 21 heavy (non-hydrogen) atoms. The Kier molecular flexibility index (Phi) is 3.60. The average Bonchev–Trinajstić information content (AvgIpc) is 2.70. The third kappa shape index (κ3) is 3.47. The van der Waals surface area contributed by atoms with Gasteiger partial charge < -0.3 is 4.74 Å². The minimum Gasteiger partial charge on any atom is -0.403 e. The van der Waals surface area contributed by atoms with Crippen LogP contribution in [0.2, 0.25) is 0 Å². The molecule has 0 atom stereocenters. The van der Waals surface area contributed by atoms with Gasteiger partial charge in [-0.25, -0.2) is 4.68 Å². The van der Waals surface area contributed by atoms with Crippen molar-refractivity contribution in [3.8, 4) is 11.4 Å². The van der Waals surface area contributed by atoms with E-state index in [9.17, 15) is 26.3 Å². The van der Waals surface area contributed by atoms with Gasteiger partial charge in [-0.3, -0.25) is 0 Å². The van der Waals surface area contributed by atoms with Crippen LogP contribution < -0.4 is 4.74 Å². The molecule has 3 nitrogen and oxygen atoms in total. The number of nitrogens with zero attached hydrogens (tertiary/aromatic N) is 2. The topological polar surface area (TPSA) is 27.1 Å². The number of alkyl halides is 6. The Morgan fingerprint density at radius 2 is 1.67 bits per heavy atom. The Balaban J connectivity index is 2.50. The van der Waals surface area contributed by atoms with Gasteiger partial charge in [0, 0.05) is 5.69 Å². The van der Waals surface area contributed by atoms with E-state index < -0.39 is 24.0 Å². The van der Waals surface area contributed by atoms with Gasteiger partial charge in [-0.15, -0.1) is 13.2 Å². The van der Waals surface area contributed by atoms with Gasteiger partial charge in [0.25, 0.3) is 0 Å². The fourth-order valence-electron chi connectivity index (χ4n) is 1.70. The van der Waals surface area contributed by atoms with Crippen molar-refractivity contribution in [3.05, 3.63) is 41.7 Å². The molecule has 114 valence electrons. The highest BCUT2D eigenvalue weighted by molar-refractivity contribution is 5.47. The molecule has 0 radical (unpaired) electrons. The molecular weight excluding hydrogens is 302 g/mol. The molecule has 1 heterocycles. The van der Waals surface area contributed by atoms with Crippen molar-refractivity contribution in [2.45, 2.75) is 19.5 Å². The van der Waals surface area contributed by atoms with Crippen LogP contribution >= 0.6 is 0 Å². The lowest BCUT2D eigenvalue weighted by molar-refractivity contribution is -0.274. The lowest BCUT2D eigenvalue weighted by Gasteiger charge is -2.13. The minimum absolute atomic E-state index is 0.0283. The Morgan fingerprint density at radius 1 is 1.05 bits per heavy atom. The third-order valence-electron chi connectivity index (χ3n) is 2.50. The second-order valence-electron chi connectivity index (χ2n) is 4.10. The second-order valence-corrected chi connectivity index (χ2v) is 4.10. The molecule has 0 amide bonds. The van der Waals surface area contributed by atoms with E-state index in [2.05, 4.69) is 9.84 Å². The summed E-state index contributed by atoms with van der Waals surface area (Å²) in [4.78, 5) is 0. The van der Waals surface area contributed by atoms with Crippen LogP contribution in [0.15, 0.2) is 30.3 Å².